The monoisotopic (exact) mass is 379 g/mol. The highest BCUT2D eigenvalue weighted by Crippen LogP contribution is 2.20. The Hall–Kier alpha value is -3.16. The zero-order valence-corrected chi connectivity index (χ0v) is 16.2. The summed E-state index contributed by atoms with van der Waals surface area (Å²) in [6.45, 7) is 6.91. The molecule has 3 aromatic rings. The maximum absolute atomic E-state index is 12.8. The molecule has 0 saturated carbocycles. The van der Waals surface area contributed by atoms with Crippen molar-refractivity contribution in [1.29, 1.82) is 0 Å². The van der Waals surface area contributed by atoms with Gasteiger partial charge in [-0.2, -0.15) is 5.10 Å². The van der Waals surface area contributed by atoms with Crippen molar-refractivity contribution in [2.75, 3.05) is 18.4 Å². The fraction of sp³-hybridized carbons (Fsp3) is 0.400. The molecule has 0 saturated heterocycles. The Labute approximate surface area is 164 Å². The Morgan fingerprint density at radius 1 is 1.11 bits per heavy atom. The van der Waals surface area contributed by atoms with Gasteiger partial charge in [-0.25, -0.2) is 9.48 Å². The number of amides is 2. The van der Waals surface area contributed by atoms with E-state index >= 15 is 0 Å². The Balaban J connectivity index is 1.45. The van der Waals surface area contributed by atoms with Crippen LogP contribution in [-0.2, 0) is 19.5 Å². The number of hydrogen-bond donors (Lipinski definition) is 1. The van der Waals surface area contributed by atoms with Crippen LogP contribution in [0.4, 0.5) is 10.6 Å². The second-order valence-electron chi connectivity index (χ2n) is 7.42. The molecule has 1 aromatic carbocycles. The summed E-state index contributed by atoms with van der Waals surface area (Å²) in [5.74, 6) is 2.95. The number of anilines is 1. The predicted octanol–water partition coefficient (Wildman–Crippen LogP) is 2.89. The van der Waals surface area contributed by atoms with E-state index in [4.69, 9.17) is 0 Å². The van der Waals surface area contributed by atoms with Crippen molar-refractivity contribution in [2.24, 2.45) is 5.92 Å². The molecular weight excluding hydrogens is 354 g/mol. The van der Waals surface area contributed by atoms with Gasteiger partial charge in [0.15, 0.2) is 5.82 Å². The van der Waals surface area contributed by atoms with E-state index in [0.29, 0.717) is 32.0 Å². The molecule has 8 nitrogen and oxygen atoms in total. The number of carbonyl (C=O) groups is 1. The zero-order chi connectivity index (χ0) is 19.5. The van der Waals surface area contributed by atoms with Crippen LogP contribution in [0.15, 0.2) is 42.6 Å². The molecule has 0 bridgehead atoms. The van der Waals surface area contributed by atoms with E-state index in [2.05, 4.69) is 39.0 Å². The van der Waals surface area contributed by atoms with E-state index in [0.717, 1.165) is 29.6 Å². The first kappa shape index (κ1) is 18.2. The van der Waals surface area contributed by atoms with Crippen LogP contribution in [0.2, 0.25) is 0 Å². The van der Waals surface area contributed by atoms with E-state index in [-0.39, 0.29) is 6.03 Å². The molecule has 28 heavy (non-hydrogen) atoms. The number of fused-ring (bicyclic) bond motifs is 1. The minimum absolute atomic E-state index is 0.106. The molecule has 1 aliphatic heterocycles. The summed E-state index contributed by atoms with van der Waals surface area (Å²) in [5, 5.41) is 16.0. The molecule has 146 valence electrons. The van der Waals surface area contributed by atoms with Crippen molar-refractivity contribution >= 4 is 11.8 Å². The van der Waals surface area contributed by atoms with E-state index in [1.54, 1.807) is 6.20 Å². The van der Waals surface area contributed by atoms with Crippen LogP contribution in [0.5, 0.6) is 0 Å². The average Bonchev–Trinajstić information content (AvgIpc) is 3.23. The normalized spacial score (nSPS) is 14.0. The molecule has 0 fully saturated rings. The molecule has 8 heteroatoms. The highest BCUT2D eigenvalue weighted by atomic mass is 16.2. The molecule has 0 radical (unpaired) electrons. The van der Waals surface area contributed by atoms with Gasteiger partial charge in [-0.1, -0.05) is 44.2 Å². The minimum Gasteiger partial charge on any atom is -0.322 e. The summed E-state index contributed by atoms with van der Waals surface area (Å²) in [6.07, 6.45) is 2.40. The van der Waals surface area contributed by atoms with Crippen LogP contribution in [0.3, 0.4) is 0 Å². The Morgan fingerprint density at radius 3 is 2.71 bits per heavy atom. The fourth-order valence-electron chi connectivity index (χ4n) is 3.45. The number of urea groups is 1. The van der Waals surface area contributed by atoms with Gasteiger partial charge in [0.1, 0.15) is 11.6 Å². The third-order valence-corrected chi connectivity index (χ3v) is 4.84. The van der Waals surface area contributed by atoms with Crippen LogP contribution in [0.1, 0.15) is 19.7 Å². The highest BCUT2D eigenvalue weighted by Gasteiger charge is 2.23. The summed E-state index contributed by atoms with van der Waals surface area (Å²) in [5.41, 5.74) is 1.04. The number of nitrogens with one attached hydrogen (secondary N) is 1. The predicted molar refractivity (Wildman–Crippen MR) is 107 cm³/mol. The van der Waals surface area contributed by atoms with E-state index in [9.17, 15) is 4.79 Å². The number of benzene rings is 1. The first-order chi connectivity index (χ1) is 13.6. The van der Waals surface area contributed by atoms with Gasteiger partial charge in [0, 0.05) is 44.2 Å². The first-order valence-electron chi connectivity index (χ1n) is 9.67. The van der Waals surface area contributed by atoms with Gasteiger partial charge >= 0.3 is 6.03 Å². The lowest BCUT2D eigenvalue weighted by atomic mass is 10.2. The standard InChI is InChI=1S/C20H25N7O/c1-15(2)14-27-17(8-10-21-27)22-20(28)25-11-9-18-23-24-19(26(18)13-12-25)16-6-4-3-5-7-16/h3-8,10,15H,9,11-14H2,1-2H3,(H,22,28). The molecule has 1 N–H and O–H groups in total. The van der Waals surface area contributed by atoms with Crippen molar-refractivity contribution in [3.63, 3.8) is 0 Å². The van der Waals surface area contributed by atoms with Gasteiger partial charge in [-0.15, -0.1) is 10.2 Å². The minimum atomic E-state index is -0.106. The molecule has 0 unspecified atom stereocenters. The van der Waals surface area contributed by atoms with Crippen molar-refractivity contribution in [1.82, 2.24) is 29.4 Å². The quantitative estimate of drug-likeness (QED) is 0.756. The number of rotatable bonds is 4. The third-order valence-electron chi connectivity index (χ3n) is 4.84. The summed E-state index contributed by atoms with van der Waals surface area (Å²) in [7, 11) is 0. The summed E-state index contributed by atoms with van der Waals surface area (Å²) < 4.78 is 3.95. The topological polar surface area (TPSA) is 80.9 Å². The van der Waals surface area contributed by atoms with Gasteiger partial charge in [0.05, 0.1) is 6.20 Å². The summed E-state index contributed by atoms with van der Waals surface area (Å²) in [6, 6.07) is 11.8. The van der Waals surface area contributed by atoms with E-state index < -0.39 is 0 Å². The lowest BCUT2D eigenvalue weighted by molar-refractivity contribution is 0.212. The molecule has 0 atom stereocenters. The van der Waals surface area contributed by atoms with Crippen molar-refractivity contribution in [3.8, 4) is 11.4 Å². The highest BCUT2D eigenvalue weighted by molar-refractivity contribution is 5.88. The number of carbonyl (C=O) groups excluding carboxylic acids is 1. The average molecular weight is 379 g/mol. The van der Waals surface area contributed by atoms with E-state index in [1.807, 2.05) is 46.0 Å². The molecule has 1 aliphatic rings. The third kappa shape index (κ3) is 3.76. The van der Waals surface area contributed by atoms with Gasteiger partial charge in [-0.3, -0.25) is 5.32 Å². The number of nitrogens with zero attached hydrogens (tertiary/aromatic N) is 6. The number of hydrogen-bond acceptors (Lipinski definition) is 4. The Kier molecular flexibility index (Phi) is 5.10. The van der Waals surface area contributed by atoms with Crippen LogP contribution in [-0.4, -0.2) is 48.6 Å². The SMILES string of the molecule is CC(C)Cn1nccc1NC(=O)N1CCc2nnc(-c3ccccc3)n2CC1. The second-order valence-corrected chi connectivity index (χ2v) is 7.42. The molecular formula is C20H25N7O. The fourth-order valence-corrected chi connectivity index (χ4v) is 3.45. The molecule has 2 aromatic heterocycles. The number of aromatic nitrogens is 5. The van der Waals surface area contributed by atoms with Gasteiger partial charge < -0.3 is 9.47 Å². The zero-order valence-electron chi connectivity index (χ0n) is 16.2. The van der Waals surface area contributed by atoms with Crippen LogP contribution < -0.4 is 5.32 Å². The van der Waals surface area contributed by atoms with Gasteiger partial charge in [-0.05, 0) is 5.92 Å². The molecule has 0 spiro atoms. The van der Waals surface area contributed by atoms with Gasteiger partial charge in [0.25, 0.3) is 0 Å². The van der Waals surface area contributed by atoms with Crippen molar-refractivity contribution < 1.29 is 4.79 Å². The largest absolute Gasteiger partial charge is 0.323 e. The maximum Gasteiger partial charge on any atom is 0.323 e. The van der Waals surface area contributed by atoms with Crippen LogP contribution in [0.25, 0.3) is 11.4 Å². The maximum atomic E-state index is 12.8. The van der Waals surface area contributed by atoms with Crippen molar-refractivity contribution in [2.45, 2.75) is 33.4 Å². The second kappa shape index (κ2) is 7.84. The first-order valence-corrected chi connectivity index (χ1v) is 9.67. The van der Waals surface area contributed by atoms with E-state index in [1.165, 1.54) is 0 Å². The van der Waals surface area contributed by atoms with Gasteiger partial charge in [0.2, 0.25) is 0 Å². The molecule has 4 rings (SSSR count). The lowest BCUT2D eigenvalue weighted by Gasteiger charge is -2.21. The Bertz CT molecular complexity index is 945. The summed E-state index contributed by atoms with van der Waals surface area (Å²) in [4.78, 5) is 14.6. The van der Waals surface area contributed by atoms with Crippen LogP contribution in [0, 0.1) is 5.92 Å². The Morgan fingerprint density at radius 2 is 1.93 bits per heavy atom. The lowest BCUT2D eigenvalue weighted by Crippen LogP contribution is -2.37. The smallest absolute Gasteiger partial charge is 0.322 e. The summed E-state index contributed by atoms with van der Waals surface area (Å²) >= 11 is 0. The van der Waals surface area contributed by atoms with Crippen LogP contribution >= 0.6 is 0 Å². The van der Waals surface area contributed by atoms with Crippen molar-refractivity contribution in [3.05, 3.63) is 48.4 Å². The molecule has 3 heterocycles. The molecule has 2 amide bonds. The molecule has 0 aliphatic carbocycles.